The molecule has 1 saturated heterocycles. The lowest BCUT2D eigenvalue weighted by atomic mass is 10.1. The summed E-state index contributed by atoms with van der Waals surface area (Å²) in [5.74, 6) is -1.61. The van der Waals surface area contributed by atoms with Gasteiger partial charge in [0.2, 0.25) is 0 Å². The van der Waals surface area contributed by atoms with Crippen molar-refractivity contribution in [3.63, 3.8) is 0 Å². The summed E-state index contributed by atoms with van der Waals surface area (Å²) in [5.41, 5.74) is 0.686. The number of carboxylic acids is 1. The molecular weight excluding hydrogens is 237 g/mol. The molecule has 0 bridgehead atoms. The molecule has 5 heteroatoms. The number of hydrogen-bond donors (Lipinski definition) is 1. The standard InChI is InChI=1S/C13H16FNO3/c14-12-7-10(6-11(8-12)13(16)17)9-15-2-1-4-18-5-3-15/h6-8H,1-5,9H2,(H,16,17). The van der Waals surface area contributed by atoms with E-state index in [0.29, 0.717) is 18.7 Å². The first kappa shape index (κ1) is 13.0. The summed E-state index contributed by atoms with van der Waals surface area (Å²) in [6.45, 7) is 3.65. The molecule has 1 N–H and O–H groups in total. The SMILES string of the molecule is O=C(O)c1cc(F)cc(CN2CCCOCC2)c1. The van der Waals surface area contributed by atoms with Crippen molar-refractivity contribution >= 4 is 5.97 Å². The summed E-state index contributed by atoms with van der Waals surface area (Å²) in [4.78, 5) is 13.0. The van der Waals surface area contributed by atoms with Crippen LogP contribution in [0.2, 0.25) is 0 Å². The fraction of sp³-hybridized carbons (Fsp3) is 0.462. The maximum Gasteiger partial charge on any atom is 0.335 e. The number of rotatable bonds is 3. The fourth-order valence-corrected chi connectivity index (χ4v) is 2.08. The second kappa shape index (κ2) is 5.93. The van der Waals surface area contributed by atoms with Crippen LogP contribution in [0.25, 0.3) is 0 Å². The molecule has 4 nitrogen and oxygen atoms in total. The molecule has 1 aliphatic heterocycles. The van der Waals surface area contributed by atoms with E-state index in [0.717, 1.165) is 32.2 Å². The average Bonchev–Trinajstić information content (AvgIpc) is 2.57. The highest BCUT2D eigenvalue weighted by atomic mass is 19.1. The van der Waals surface area contributed by atoms with Crippen molar-refractivity contribution in [1.82, 2.24) is 4.90 Å². The Morgan fingerprint density at radius 1 is 1.33 bits per heavy atom. The molecule has 0 radical (unpaired) electrons. The summed E-state index contributed by atoms with van der Waals surface area (Å²) in [6, 6.07) is 3.95. The van der Waals surface area contributed by atoms with Crippen molar-refractivity contribution in [3.05, 3.63) is 35.1 Å². The number of halogens is 1. The average molecular weight is 253 g/mol. The topological polar surface area (TPSA) is 49.8 Å². The lowest BCUT2D eigenvalue weighted by Crippen LogP contribution is -2.26. The molecule has 1 aromatic rings. The minimum Gasteiger partial charge on any atom is -0.478 e. The van der Waals surface area contributed by atoms with Gasteiger partial charge in [-0.3, -0.25) is 4.90 Å². The van der Waals surface area contributed by atoms with Crippen LogP contribution >= 0.6 is 0 Å². The second-order valence-corrected chi connectivity index (χ2v) is 4.40. The summed E-state index contributed by atoms with van der Waals surface area (Å²) >= 11 is 0. The molecule has 1 aliphatic rings. The third-order valence-corrected chi connectivity index (χ3v) is 2.93. The highest BCUT2D eigenvalue weighted by Gasteiger charge is 2.12. The van der Waals surface area contributed by atoms with E-state index in [1.165, 1.54) is 12.1 Å². The number of carboxylic acid groups (broad SMARTS) is 1. The van der Waals surface area contributed by atoms with E-state index in [9.17, 15) is 9.18 Å². The number of nitrogens with zero attached hydrogens (tertiary/aromatic N) is 1. The fourth-order valence-electron chi connectivity index (χ4n) is 2.08. The Balaban J connectivity index is 2.10. The molecule has 0 atom stereocenters. The predicted octanol–water partition coefficient (Wildman–Crippen LogP) is 1.75. The minimum absolute atomic E-state index is 0.00364. The molecule has 98 valence electrons. The minimum atomic E-state index is -1.10. The van der Waals surface area contributed by atoms with Crippen LogP contribution in [-0.4, -0.2) is 42.3 Å². The van der Waals surface area contributed by atoms with Crippen molar-refractivity contribution < 1.29 is 19.0 Å². The van der Waals surface area contributed by atoms with Gasteiger partial charge in [-0.2, -0.15) is 0 Å². The number of aromatic carboxylic acids is 1. The zero-order chi connectivity index (χ0) is 13.0. The molecule has 18 heavy (non-hydrogen) atoms. The van der Waals surface area contributed by atoms with Gasteiger partial charge in [-0.15, -0.1) is 0 Å². The van der Waals surface area contributed by atoms with E-state index in [1.54, 1.807) is 0 Å². The van der Waals surface area contributed by atoms with Gasteiger partial charge in [0, 0.05) is 26.2 Å². The number of hydrogen-bond acceptors (Lipinski definition) is 3. The van der Waals surface area contributed by atoms with Gasteiger partial charge in [0.25, 0.3) is 0 Å². The smallest absolute Gasteiger partial charge is 0.335 e. The molecule has 0 spiro atoms. The van der Waals surface area contributed by atoms with Crippen LogP contribution in [-0.2, 0) is 11.3 Å². The highest BCUT2D eigenvalue weighted by molar-refractivity contribution is 5.87. The van der Waals surface area contributed by atoms with Crippen LogP contribution in [0.5, 0.6) is 0 Å². The lowest BCUT2D eigenvalue weighted by molar-refractivity contribution is 0.0696. The highest BCUT2D eigenvalue weighted by Crippen LogP contribution is 2.13. The van der Waals surface area contributed by atoms with Crippen LogP contribution in [0.3, 0.4) is 0 Å². The molecule has 2 rings (SSSR count). The number of benzene rings is 1. The summed E-state index contributed by atoms with van der Waals surface area (Å²) in [5, 5.41) is 8.88. The van der Waals surface area contributed by atoms with Crippen molar-refractivity contribution in [1.29, 1.82) is 0 Å². The van der Waals surface area contributed by atoms with Gasteiger partial charge in [0.1, 0.15) is 5.82 Å². The van der Waals surface area contributed by atoms with Gasteiger partial charge in [-0.25, -0.2) is 9.18 Å². The monoisotopic (exact) mass is 253 g/mol. The Kier molecular flexibility index (Phi) is 4.28. The first-order valence-corrected chi connectivity index (χ1v) is 5.98. The van der Waals surface area contributed by atoms with Gasteiger partial charge < -0.3 is 9.84 Å². The van der Waals surface area contributed by atoms with Gasteiger partial charge in [-0.05, 0) is 30.2 Å². The van der Waals surface area contributed by atoms with Gasteiger partial charge >= 0.3 is 5.97 Å². The van der Waals surface area contributed by atoms with E-state index in [-0.39, 0.29) is 5.56 Å². The quantitative estimate of drug-likeness (QED) is 0.891. The summed E-state index contributed by atoms with van der Waals surface area (Å²) < 4.78 is 18.7. The van der Waals surface area contributed by atoms with E-state index < -0.39 is 11.8 Å². The Morgan fingerprint density at radius 3 is 2.94 bits per heavy atom. The molecule has 0 unspecified atom stereocenters. The van der Waals surface area contributed by atoms with Gasteiger partial charge in [0.15, 0.2) is 0 Å². The molecule has 1 heterocycles. The van der Waals surface area contributed by atoms with Gasteiger partial charge in [-0.1, -0.05) is 0 Å². The van der Waals surface area contributed by atoms with Crippen LogP contribution in [0.1, 0.15) is 22.3 Å². The zero-order valence-corrected chi connectivity index (χ0v) is 10.1. The first-order valence-electron chi connectivity index (χ1n) is 5.98. The van der Waals surface area contributed by atoms with E-state index in [1.807, 2.05) is 0 Å². The molecule has 1 fully saturated rings. The van der Waals surface area contributed by atoms with Crippen molar-refractivity contribution in [2.75, 3.05) is 26.3 Å². The normalized spacial score (nSPS) is 17.4. The van der Waals surface area contributed by atoms with E-state index >= 15 is 0 Å². The molecule has 1 aromatic carbocycles. The molecule has 0 aromatic heterocycles. The predicted molar refractivity (Wildman–Crippen MR) is 64.1 cm³/mol. The molecule has 0 aliphatic carbocycles. The molecular formula is C13H16FNO3. The third kappa shape index (κ3) is 3.51. The largest absolute Gasteiger partial charge is 0.478 e. The van der Waals surface area contributed by atoms with Crippen LogP contribution < -0.4 is 0 Å². The Labute approximate surface area is 105 Å². The maximum atomic E-state index is 13.3. The number of carbonyl (C=O) groups is 1. The number of ether oxygens (including phenoxy) is 1. The van der Waals surface area contributed by atoms with E-state index in [2.05, 4.69) is 4.90 Å². The molecule has 0 saturated carbocycles. The maximum absolute atomic E-state index is 13.3. The Bertz CT molecular complexity index is 428. The third-order valence-electron chi connectivity index (χ3n) is 2.93. The first-order chi connectivity index (χ1) is 8.65. The second-order valence-electron chi connectivity index (χ2n) is 4.40. The Morgan fingerprint density at radius 2 is 2.17 bits per heavy atom. The summed E-state index contributed by atoms with van der Waals surface area (Å²) in [7, 11) is 0. The van der Waals surface area contributed by atoms with Gasteiger partial charge in [0.05, 0.1) is 12.2 Å². The van der Waals surface area contributed by atoms with Crippen LogP contribution in [0.4, 0.5) is 4.39 Å². The van der Waals surface area contributed by atoms with Crippen LogP contribution in [0, 0.1) is 5.82 Å². The van der Waals surface area contributed by atoms with Crippen molar-refractivity contribution in [2.45, 2.75) is 13.0 Å². The zero-order valence-electron chi connectivity index (χ0n) is 10.1. The van der Waals surface area contributed by atoms with E-state index in [4.69, 9.17) is 9.84 Å². The summed E-state index contributed by atoms with van der Waals surface area (Å²) in [6.07, 6.45) is 0.946. The Hall–Kier alpha value is -1.46. The van der Waals surface area contributed by atoms with Crippen molar-refractivity contribution in [3.8, 4) is 0 Å². The lowest BCUT2D eigenvalue weighted by Gasteiger charge is -2.19. The van der Waals surface area contributed by atoms with Crippen LogP contribution in [0.15, 0.2) is 18.2 Å². The molecule has 0 amide bonds. The van der Waals surface area contributed by atoms with Crippen molar-refractivity contribution in [2.24, 2.45) is 0 Å².